The van der Waals surface area contributed by atoms with E-state index in [4.69, 9.17) is 4.74 Å². The van der Waals surface area contributed by atoms with Crippen molar-refractivity contribution in [3.63, 3.8) is 0 Å². The van der Waals surface area contributed by atoms with Crippen LogP contribution in [0.5, 0.6) is 0 Å². The van der Waals surface area contributed by atoms with Gasteiger partial charge in [0.2, 0.25) is 10.0 Å². The second-order valence-corrected chi connectivity index (χ2v) is 16.0. The zero-order chi connectivity index (χ0) is 32.9. The van der Waals surface area contributed by atoms with E-state index in [1.807, 2.05) is 64.4 Å². The third-order valence-electron chi connectivity index (χ3n) is 7.69. The van der Waals surface area contributed by atoms with E-state index in [9.17, 15) is 18.0 Å². The lowest BCUT2D eigenvalue weighted by atomic mass is 9.85. The fourth-order valence-electron chi connectivity index (χ4n) is 5.70. The fraction of sp³-hybridized carbons (Fsp3) is 0.515. The number of carbonyl (C=O) groups excluding carboxylic acids is 2. The number of alkyl carbamates (subject to hydrolysis) is 1. The molecule has 10 nitrogen and oxygen atoms in total. The second-order valence-electron chi connectivity index (χ2n) is 13.2. The first-order valence-corrected chi connectivity index (χ1v) is 17.9. The van der Waals surface area contributed by atoms with E-state index in [0.29, 0.717) is 17.2 Å². The van der Waals surface area contributed by atoms with Crippen molar-refractivity contribution in [1.82, 2.24) is 20.3 Å². The van der Waals surface area contributed by atoms with Gasteiger partial charge >= 0.3 is 12.1 Å². The highest BCUT2D eigenvalue weighted by atomic mass is 32.2. The number of carbonyl (C=O) groups is 2. The molecule has 2 aromatic carbocycles. The number of anilines is 1. The number of nitrogens with zero attached hydrogens (tertiary/aromatic N) is 1. The number of hydrogen-bond acceptors (Lipinski definition) is 7. The molecule has 1 aliphatic heterocycles. The Morgan fingerprint density at radius 1 is 1.00 bits per heavy atom. The van der Waals surface area contributed by atoms with Crippen LogP contribution in [0.1, 0.15) is 84.4 Å². The van der Waals surface area contributed by atoms with E-state index in [-0.39, 0.29) is 34.6 Å². The molecule has 1 heterocycles. The molecule has 1 unspecified atom stereocenters. The van der Waals surface area contributed by atoms with E-state index < -0.39 is 21.6 Å². The van der Waals surface area contributed by atoms with E-state index in [1.165, 1.54) is 6.07 Å². The molecule has 45 heavy (non-hydrogen) atoms. The summed E-state index contributed by atoms with van der Waals surface area (Å²) in [6.45, 7) is 10.9. The molecule has 2 aliphatic rings. The van der Waals surface area contributed by atoms with Crippen LogP contribution in [0.4, 0.5) is 15.3 Å². The first kappa shape index (κ1) is 34.6. The number of benzene rings is 2. The van der Waals surface area contributed by atoms with Crippen molar-refractivity contribution in [3.05, 3.63) is 65.9 Å². The molecule has 0 aromatic heterocycles. The molecular weight excluding hydrogens is 611 g/mol. The summed E-state index contributed by atoms with van der Waals surface area (Å²) in [4.78, 5) is 28.1. The molecule has 4 rings (SSSR count). The molecule has 2 aromatic rings. The number of rotatable bonds is 9. The maximum absolute atomic E-state index is 13.7. The summed E-state index contributed by atoms with van der Waals surface area (Å²) in [5.41, 5.74) is 1.22. The van der Waals surface area contributed by atoms with Crippen molar-refractivity contribution < 1.29 is 22.7 Å². The zero-order valence-electron chi connectivity index (χ0n) is 27.2. The molecule has 2 atom stereocenters. The Bertz CT molecular complexity index is 1480. The SMILES string of the molecule is CC(C)OC(=O)NC1CCC(C2SC(c3ccc(NC(=O)N[C@H](C)c4ccccc4)cc3S(=O)(=O)NC(C)(C)C)=CN2C)CC1. The van der Waals surface area contributed by atoms with Crippen LogP contribution < -0.4 is 20.7 Å². The first-order valence-electron chi connectivity index (χ1n) is 15.5. The summed E-state index contributed by atoms with van der Waals surface area (Å²) in [5, 5.41) is 8.85. The molecule has 0 bridgehead atoms. The van der Waals surface area contributed by atoms with Crippen molar-refractivity contribution in [2.75, 3.05) is 12.4 Å². The standard InChI is InChI=1S/C33H47N5O5S2/c1-21(2)43-32(40)36-25-15-13-24(14-16-25)30-38(7)20-28(44-30)27-18-17-26(19-29(27)45(41,42)37-33(4,5)6)35-31(39)34-22(3)23-11-9-8-10-12-23/h8-12,17-22,24-25,30,37H,13-16H2,1-7H3,(H,36,40)(H2,34,35,39)/t22-,24?,25?,30?/m1/s1. The molecule has 12 heteroatoms. The van der Waals surface area contributed by atoms with Crippen LogP contribution in [0.15, 0.2) is 59.6 Å². The van der Waals surface area contributed by atoms with Crippen molar-refractivity contribution in [3.8, 4) is 0 Å². The van der Waals surface area contributed by atoms with Gasteiger partial charge in [-0.25, -0.2) is 22.7 Å². The van der Waals surface area contributed by atoms with Gasteiger partial charge in [-0.1, -0.05) is 48.2 Å². The van der Waals surface area contributed by atoms with Gasteiger partial charge in [0.05, 0.1) is 22.4 Å². The van der Waals surface area contributed by atoms with Crippen LogP contribution in [0.3, 0.4) is 0 Å². The smallest absolute Gasteiger partial charge is 0.407 e. The van der Waals surface area contributed by atoms with Gasteiger partial charge in [-0.2, -0.15) is 0 Å². The van der Waals surface area contributed by atoms with Gasteiger partial charge in [-0.3, -0.25) is 0 Å². The van der Waals surface area contributed by atoms with Crippen molar-refractivity contribution in [2.45, 2.75) is 101 Å². The summed E-state index contributed by atoms with van der Waals surface area (Å²) < 4.78 is 35.5. The average molecular weight is 658 g/mol. The van der Waals surface area contributed by atoms with Gasteiger partial charge in [-0.15, -0.1) is 0 Å². The topological polar surface area (TPSA) is 129 Å². The van der Waals surface area contributed by atoms with Crippen molar-refractivity contribution in [1.29, 1.82) is 0 Å². The molecule has 3 amide bonds. The molecule has 1 aliphatic carbocycles. The van der Waals surface area contributed by atoms with Crippen molar-refractivity contribution in [2.24, 2.45) is 5.92 Å². The monoisotopic (exact) mass is 657 g/mol. The van der Waals surface area contributed by atoms with Crippen LogP contribution in [0.25, 0.3) is 4.91 Å². The molecule has 0 saturated heterocycles. The van der Waals surface area contributed by atoms with Crippen LogP contribution in [-0.4, -0.2) is 55.5 Å². The van der Waals surface area contributed by atoms with E-state index in [0.717, 1.165) is 36.2 Å². The minimum absolute atomic E-state index is 0.0878. The van der Waals surface area contributed by atoms with Crippen LogP contribution in [0.2, 0.25) is 0 Å². The quantitative estimate of drug-likeness (QED) is 0.238. The lowest BCUT2D eigenvalue weighted by Gasteiger charge is -2.35. The first-order chi connectivity index (χ1) is 21.1. The molecule has 0 spiro atoms. The Morgan fingerprint density at radius 2 is 1.67 bits per heavy atom. The Morgan fingerprint density at radius 3 is 2.29 bits per heavy atom. The Kier molecular flexibility index (Phi) is 11.1. The number of sulfonamides is 1. The van der Waals surface area contributed by atoms with Crippen LogP contribution >= 0.6 is 11.8 Å². The van der Waals surface area contributed by atoms with Crippen molar-refractivity contribution >= 4 is 44.5 Å². The maximum atomic E-state index is 13.7. The number of amides is 3. The highest BCUT2D eigenvalue weighted by Gasteiger charge is 2.36. The van der Waals surface area contributed by atoms with E-state index in [1.54, 1.807) is 44.7 Å². The van der Waals surface area contributed by atoms with Crippen LogP contribution in [0, 0.1) is 5.92 Å². The lowest BCUT2D eigenvalue weighted by molar-refractivity contribution is 0.108. The normalized spacial score (nSPS) is 21.2. The van der Waals surface area contributed by atoms with Gasteiger partial charge in [0.25, 0.3) is 0 Å². The Hall–Kier alpha value is -3.22. The van der Waals surface area contributed by atoms with Gasteiger partial charge in [0, 0.05) is 41.0 Å². The third kappa shape index (κ3) is 9.64. The van der Waals surface area contributed by atoms with E-state index in [2.05, 4.69) is 25.6 Å². The number of thioether (sulfide) groups is 1. The van der Waals surface area contributed by atoms with Gasteiger partial charge < -0.3 is 25.6 Å². The number of hydrogen-bond donors (Lipinski definition) is 4. The number of ether oxygens (including phenoxy) is 1. The zero-order valence-corrected chi connectivity index (χ0v) is 28.8. The number of urea groups is 1. The summed E-state index contributed by atoms with van der Waals surface area (Å²) >= 11 is 1.66. The summed E-state index contributed by atoms with van der Waals surface area (Å²) in [6, 6.07) is 14.1. The third-order valence-corrected chi connectivity index (χ3v) is 11.0. The maximum Gasteiger partial charge on any atom is 0.407 e. The molecule has 1 saturated carbocycles. The molecule has 1 fully saturated rings. The predicted octanol–water partition coefficient (Wildman–Crippen LogP) is 6.64. The molecule has 246 valence electrons. The van der Waals surface area contributed by atoms with Gasteiger partial charge in [0.1, 0.15) is 0 Å². The van der Waals surface area contributed by atoms with E-state index >= 15 is 0 Å². The highest BCUT2D eigenvalue weighted by Crippen LogP contribution is 2.47. The average Bonchev–Trinajstić information content (AvgIpc) is 3.33. The summed E-state index contributed by atoms with van der Waals surface area (Å²) in [7, 11) is -1.93. The lowest BCUT2D eigenvalue weighted by Crippen LogP contribution is -2.41. The second kappa shape index (κ2) is 14.5. The molecule has 0 radical (unpaired) electrons. The Labute approximate surface area is 272 Å². The minimum atomic E-state index is -3.94. The molecule has 4 N–H and O–H groups in total. The Balaban J connectivity index is 1.49. The summed E-state index contributed by atoms with van der Waals surface area (Å²) in [6.07, 6.45) is 5.07. The minimum Gasteiger partial charge on any atom is -0.447 e. The van der Waals surface area contributed by atoms with Gasteiger partial charge in [0.15, 0.2) is 0 Å². The summed E-state index contributed by atoms with van der Waals surface area (Å²) in [5.74, 6) is 0.372. The van der Waals surface area contributed by atoms with Crippen LogP contribution in [-0.2, 0) is 14.8 Å². The largest absolute Gasteiger partial charge is 0.447 e. The predicted molar refractivity (Wildman–Crippen MR) is 181 cm³/mol. The molecular formula is C33H47N5O5S2. The fourth-order valence-corrected chi connectivity index (χ4v) is 8.91. The number of nitrogens with one attached hydrogen (secondary N) is 4. The highest BCUT2D eigenvalue weighted by molar-refractivity contribution is 8.09. The van der Waals surface area contributed by atoms with Gasteiger partial charge in [-0.05, 0) is 90.8 Å².